The van der Waals surface area contributed by atoms with Gasteiger partial charge in [0.2, 0.25) is 0 Å². The third kappa shape index (κ3) is 3.29. The number of carbonyl (C=O) groups excluding carboxylic acids is 1. The molecule has 5 fully saturated rings. The summed E-state index contributed by atoms with van der Waals surface area (Å²) in [7, 11) is 0. The van der Waals surface area contributed by atoms with Crippen molar-refractivity contribution in [2.75, 3.05) is 0 Å². The zero-order valence-electron chi connectivity index (χ0n) is 23.6. The third-order valence-corrected chi connectivity index (χ3v) is 11.6. The van der Waals surface area contributed by atoms with E-state index in [-0.39, 0.29) is 28.6 Å². The lowest BCUT2D eigenvalue weighted by molar-refractivity contribution is -0.154. The van der Waals surface area contributed by atoms with Crippen LogP contribution in [0.2, 0.25) is 0 Å². The molecule has 0 amide bonds. The van der Waals surface area contributed by atoms with Crippen LogP contribution in [0, 0.1) is 58.2 Å². The number of aliphatic hydroxyl groups excluding tert-OH is 2. The van der Waals surface area contributed by atoms with Crippen LogP contribution < -0.4 is 0 Å². The summed E-state index contributed by atoms with van der Waals surface area (Å²) in [6.07, 6.45) is 5.62. The summed E-state index contributed by atoms with van der Waals surface area (Å²) >= 11 is 0. The maximum absolute atomic E-state index is 13.4. The minimum atomic E-state index is -2.15. The predicted octanol–water partition coefficient (Wildman–Crippen LogP) is 4.85. The first-order chi connectivity index (χ1) is 16.2. The smallest absolute Gasteiger partial charge is 0.136 e. The molecule has 32 heavy (non-hydrogen) atoms. The summed E-state index contributed by atoms with van der Waals surface area (Å²) in [4.78, 5) is 13.4. The fraction of sp³-hybridized carbons (Fsp3) is 0.964. The largest absolute Gasteiger partial charge is 0.390 e. The quantitative estimate of drug-likeness (QED) is 0.589. The average molecular weight is 450 g/mol. The molecule has 0 aromatic heterocycles. The molecule has 0 radical (unpaired) electrons. The lowest BCUT2D eigenvalue weighted by Gasteiger charge is -2.59. The molecule has 1 heterocycles. The Morgan fingerprint density at radius 1 is 1.03 bits per heavy atom. The summed E-state index contributed by atoms with van der Waals surface area (Å²) in [6, 6.07) is 0. The van der Waals surface area contributed by atoms with E-state index in [0.29, 0.717) is 42.2 Å². The van der Waals surface area contributed by atoms with Crippen LogP contribution in [0.3, 0.4) is 0 Å². The highest BCUT2D eigenvalue weighted by molar-refractivity contribution is 5.83. The SMILES string of the molecule is [2H]C([2H])([2H])C(C)[C@@H](C)[C@@H](O)[C@H](O)[C@@H](C)[C@H]1CC[C@H]2[C@@H]3CC(=O)[C@H]4C[C@@H]5O[C@@H]5C[C@]4(C)[C@H]3CC[C@]12C. The Kier molecular flexibility index (Phi) is 4.82. The van der Waals surface area contributed by atoms with E-state index in [1.165, 1.54) is 0 Å². The van der Waals surface area contributed by atoms with E-state index in [1.807, 2.05) is 6.92 Å². The van der Waals surface area contributed by atoms with Crippen LogP contribution in [0.4, 0.5) is 0 Å². The second kappa shape index (κ2) is 7.78. The van der Waals surface area contributed by atoms with Gasteiger partial charge < -0.3 is 14.9 Å². The third-order valence-electron chi connectivity index (χ3n) is 11.6. The van der Waals surface area contributed by atoms with Gasteiger partial charge in [-0.05, 0) is 90.8 Å². The van der Waals surface area contributed by atoms with E-state index in [4.69, 9.17) is 8.85 Å². The van der Waals surface area contributed by atoms with Crippen molar-refractivity contribution in [3.8, 4) is 0 Å². The van der Waals surface area contributed by atoms with Gasteiger partial charge in [-0.15, -0.1) is 0 Å². The van der Waals surface area contributed by atoms with Gasteiger partial charge in [-0.3, -0.25) is 4.79 Å². The van der Waals surface area contributed by atoms with Crippen molar-refractivity contribution in [2.45, 2.75) is 111 Å². The number of aliphatic hydroxyl groups is 2. The summed E-state index contributed by atoms with van der Waals surface area (Å²) in [5.41, 5.74) is 0.0934. The van der Waals surface area contributed by atoms with Gasteiger partial charge in [0.1, 0.15) is 5.78 Å². The van der Waals surface area contributed by atoms with Crippen LogP contribution in [-0.2, 0) is 9.53 Å². The lowest BCUT2D eigenvalue weighted by Crippen LogP contribution is -2.57. The number of ether oxygens (including phenoxy) is 1. The van der Waals surface area contributed by atoms with Crippen LogP contribution in [0.1, 0.15) is 90.5 Å². The first-order valence-electron chi connectivity index (χ1n) is 14.7. The average Bonchev–Trinajstić information content (AvgIpc) is 3.44. The van der Waals surface area contributed by atoms with Crippen molar-refractivity contribution in [3.63, 3.8) is 0 Å². The maximum Gasteiger partial charge on any atom is 0.136 e. The Bertz CT molecular complexity index is 847. The Morgan fingerprint density at radius 3 is 2.47 bits per heavy atom. The molecule has 182 valence electrons. The molecular formula is C28H46O4. The molecule has 1 aliphatic heterocycles. The number of ketones is 1. The van der Waals surface area contributed by atoms with Crippen molar-refractivity contribution in [1.29, 1.82) is 0 Å². The Labute approximate surface area is 199 Å². The van der Waals surface area contributed by atoms with Gasteiger partial charge in [0.25, 0.3) is 0 Å². The van der Waals surface area contributed by atoms with Gasteiger partial charge in [0.15, 0.2) is 0 Å². The van der Waals surface area contributed by atoms with Crippen molar-refractivity contribution in [1.82, 2.24) is 0 Å². The van der Waals surface area contributed by atoms with E-state index in [2.05, 4.69) is 13.8 Å². The first-order valence-corrected chi connectivity index (χ1v) is 13.2. The molecule has 2 N–H and O–H groups in total. The van der Waals surface area contributed by atoms with E-state index >= 15 is 0 Å². The first kappa shape index (κ1) is 19.8. The van der Waals surface area contributed by atoms with E-state index in [9.17, 15) is 15.0 Å². The molecule has 4 saturated carbocycles. The molecular weight excluding hydrogens is 400 g/mol. The summed E-state index contributed by atoms with van der Waals surface area (Å²) in [6.45, 7) is 8.01. The zero-order chi connectivity index (χ0) is 25.7. The minimum absolute atomic E-state index is 0.0386. The highest BCUT2D eigenvalue weighted by Crippen LogP contribution is 2.69. The Balaban J connectivity index is 1.33. The van der Waals surface area contributed by atoms with E-state index in [1.54, 1.807) is 13.8 Å². The highest BCUT2D eigenvalue weighted by Gasteiger charge is 2.66. The Hall–Kier alpha value is -0.450. The molecule has 4 heteroatoms. The van der Waals surface area contributed by atoms with Crippen LogP contribution in [0.25, 0.3) is 0 Å². The molecule has 5 aliphatic rings. The molecule has 5 rings (SSSR count). The Morgan fingerprint density at radius 2 is 1.75 bits per heavy atom. The summed E-state index contributed by atoms with van der Waals surface area (Å²) in [5, 5.41) is 22.2. The molecule has 4 aliphatic carbocycles. The lowest BCUT2D eigenvalue weighted by atomic mass is 9.44. The fourth-order valence-corrected chi connectivity index (χ4v) is 9.38. The number of hydrogen-bond acceptors (Lipinski definition) is 4. The standard InChI is InChI=1S/C28H46O4/c1-14(2)15(3)25(30)26(31)16(4)18-7-8-19-17-11-22(29)21-12-23-24(32-23)13-28(21,6)20(17)9-10-27(18,19)5/h14-21,23-26,30-31H,7-13H2,1-6H3/t15-,16+,17+,18-,19+,20+,21-,23+,24-,25-,26-,27-,28-/m1/s1/i1D3/t14?,15-,16+,17+,18-,19+,20+,21-,23+,24-,25-,26-,27-,28-. The number of fused-ring (bicyclic) bond motifs is 6. The maximum atomic E-state index is 13.4. The van der Waals surface area contributed by atoms with Gasteiger partial charge in [-0.1, -0.05) is 41.5 Å². The normalized spacial score (nSPS) is 53.8. The van der Waals surface area contributed by atoms with Gasteiger partial charge >= 0.3 is 0 Å². The molecule has 1 unspecified atom stereocenters. The predicted molar refractivity (Wildman–Crippen MR) is 125 cm³/mol. The monoisotopic (exact) mass is 449 g/mol. The van der Waals surface area contributed by atoms with Crippen LogP contribution in [0.15, 0.2) is 0 Å². The van der Waals surface area contributed by atoms with Crippen molar-refractivity contribution in [3.05, 3.63) is 0 Å². The van der Waals surface area contributed by atoms with Crippen LogP contribution >= 0.6 is 0 Å². The molecule has 1 saturated heterocycles. The molecule has 4 nitrogen and oxygen atoms in total. The van der Waals surface area contributed by atoms with Crippen molar-refractivity contribution >= 4 is 5.78 Å². The number of hydrogen-bond donors (Lipinski definition) is 2. The summed E-state index contributed by atoms with van der Waals surface area (Å²) in [5.74, 6) is 0.985. The number of carbonyl (C=O) groups is 1. The molecule has 14 atom stereocenters. The number of Topliss-reactive ketones (excluding diaryl/α,β-unsaturated/α-hetero) is 1. The molecule has 0 bridgehead atoms. The van der Waals surface area contributed by atoms with E-state index < -0.39 is 30.9 Å². The van der Waals surface area contributed by atoms with Gasteiger partial charge in [-0.25, -0.2) is 0 Å². The zero-order valence-corrected chi connectivity index (χ0v) is 20.6. The van der Waals surface area contributed by atoms with Crippen LogP contribution in [-0.4, -0.2) is 40.4 Å². The highest BCUT2D eigenvalue weighted by atomic mass is 16.6. The number of epoxide rings is 1. The van der Waals surface area contributed by atoms with Crippen molar-refractivity contribution < 1.29 is 23.9 Å². The molecule has 0 spiro atoms. The van der Waals surface area contributed by atoms with Gasteiger partial charge in [0.05, 0.1) is 24.4 Å². The van der Waals surface area contributed by atoms with Gasteiger partial charge in [0, 0.05) is 16.5 Å². The van der Waals surface area contributed by atoms with Crippen molar-refractivity contribution in [2.24, 2.45) is 58.2 Å². The minimum Gasteiger partial charge on any atom is -0.390 e. The molecule has 0 aromatic carbocycles. The van der Waals surface area contributed by atoms with Gasteiger partial charge in [-0.2, -0.15) is 0 Å². The second-order valence-electron chi connectivity index (χ2n) is 13.0. The van der Waals surface area contributed by atoms with Crippen LogP contribution in [0.5, 0.6) is 0 Å². The number of rotatable bonds is 5. The topological polar surface area (TPSA) is 70.1 Å². The fourth-order valence-electron chi connectivity index (χ4n) is 9.38. The molecule has 0 aromatic rings. The second-order valence-corrected chi connectivity index (χ2v) is 13.0. The van der Waals surface area contributed by atoms with E-state index in [0.717, 1.165) is 38.5 Å². The summed E-state index contributed by atoms with van der Waals surface area (Å²) < 4.78 is 29.1.